The van der Waals surface area contributed by atoms with Crippen LogP contribution < -0.4 is 10.2 Å². The van der Waals surface area contributed by atoms with E-state index in [2.05, 4.69) is 81.9 Å². The molecule has 2 saturated carbocycles. The van der Waals surface area contributed by atoms with E-state index in [4.69, 9.17) is 0 Å². The molecule has 9 heteroatoms. The molecular formula is C30H34N8Pt. The maximum Gasteiger partial charge on any atom is 2.00 e. The van der Waals surface area contributed by atoms with Gasteiger partial charge in [0.1, 0.15) is 11.6 Å². The van der Waals surface area contributed by atoms with Gasteiger partial charge in [-0.05, 0) is 71.6 Å². The van der Waals surface area contributed by atoms with Crippen LogP contribution in [0.15, 0.2) is 36.9 Å². The summed E-state index contributed by atoms with van der Waals surface area (Å²) in [4.78, 5) is 17.4. The SMILES string of the molecule is CC12CCC(c3c1n[n-]c3-c1ncccn1)C2(C)C.CC12CCC(c3c1n[n-]c3-c1ncccn1)C2(C)C.[Pt+2]. The number of fused-ring (bicyclic) bond motifs is 10. The maximum absolute atomic E-state index is 4.49. The third kappa shape index (κ3) is 3.27. The number of nitrogens with zero attached hydrogens (tertiary/aromatic N) is 8. The number of aromatic nitrogens is 8. The Morgan fingerprint density at radius 3 is 1.33 bits per heavy atom. The molecule has 204 valence electrons. The molecule has 8 rings (SSSR count). The Hall–Kier alpha value is -2.73. The smallest absolute Gasteiger partial charge is 0.572 e. The van der Waals surface area contributed by atoms with E-state index >= 15 is 0 Å². The van der Waals surface area contributed by atoms with Crippen molar-refractivity contribution in [3.63, 3.8) is 0 Å². The van der Waals surface area contributed by atoms with Crippen LogP contribution in [-0.2, 0) is 31.9 Å². The molecule has 0 aromatic carbocycles. The van der Waals surface area contributed by atoms with E-state index in [1.165, 1.54) is 48.2 Å². The van der Waals surface area contributed by atoms with Crippen LogP contribution in [0.2, 0.25) is 0 Å². The predicted octanol–water partition coefficient (Wildman–Crippen LogP) is 5.34. The van der Waals surface area contributed by atoms with Crippen molar-refractivity contribution in [1.82, 2.24) is 40.3 Å². The van der Waals surface area contributed by atoms with Gasteiger partial charge in [-0.25, -0.2) is 19.9 Å². The van der Waals surface area contributed by atoms with Crippen LogP contribution in [0.5, 0.6) is 0 Å². The second-order valence-corrected chi connectivity index (χ2v) is 13.1. The summed E-state index contributed by atoms with van der Waals surface area (Å²) in [5.74, 6) is 2.51. The third-order valence-corrected chi connectivity index (χ3v) is 11.3. The van der Waals surface area contributed by atoms with E-state index in [1.54, 1.807) is 24.8 Å². The van der Waals surface area contributed by atoms with Crippen molar-refractivity contribution in [3.8, 4) is 23.0 Å². The second-order valence-electron chi connectivity index (χ2n) is 13.1. The summed E-state index contributed by atoms with van der Waals surface area (Å²) < 4.78 is 0. The summed E-state index contributed by atoms with van der Waals surface area (Å²) in [6.07, 6.45) is 11.9. The Bertz CT molecular complexity index is 1410. The van der Waals surface area contributed by atoms with Crippen molar-refractivity contribution >= 4 is 0 Å². The van der Waals surface area contributed by atoms with Crippen LogP contribution in [0.3, 0.4) is 0 Å². The van der Waals surface area contributed by atoms with Crippen molar-refractivity contribution in [3.05, 3.63) is 59.4 Å². The van der Waals surface area contributed by atoms with Gasteiger partial charge < -0.3 is 20.4 Å². The number of hydrogen-bond donors (Lipinski definition) is 0. The molecule has 4 heterocycles. The van der Waals surface area contributed by atoms with E-state index in [0.29, 0.717) is 23.5 Å². The first kappa shape index (κ1) is 26.5. The van der Waals surface area contributed by atoms with Gasteiger partial charge in [-0.15, -0.1) is 0 Å². The Morgan fingerprint density at radius 2 is 0.974 bits per heavy atom. The standard InChI is InChI=1S/2C15H17N4.Pt/c2*1-14(2)9-5-6-15(14,3)12-10(9)11(18-19-12)13-16-7-4-8-17-13;/h2*4,7-9H,5-6H2,1-3H3;/q2*-1;+2. The zero-order valence-corrected chi connectivity index (χ0v) is 25.6. The van der Waals surface area contributed by atoms with Gasteiger partial charge in [-0.1, -0.05) is 52.9 Å². The quantitative estimate of drug-likeness (QED) is 0.276. The van der Waals surface area contributed by atoms with Crippen molar-refractivity contribution in [2.75, 3.05) is 0 Å². The zero-order valence-electron chi connectivity index (χ0n) is 23.3. The van der Waals surface area contributed by atoms with Gasteiger partial charge in [0.25, 0.3) is 0 Å². The topological polar surface area (TPSA) is 106 Å². The van der Waals surface area contributed by atoms with Crippen LogP contribution in [0.4, 0.5) is 0 Å². The molecule has 0 radical (unpaired) electrons. The van der Waals surface area contributed by atoms with Gasteiger partial charge in [0, 0.05) is 47.0 Å². The van der Waals surface area contributed by atoms with Gasteiger partial charge in [0.2, 0.25) is 0 Å². The van der Waals surface area contributed by atoms with Gasteiger partial charge in [0.15, 0.2) is 0 Å². The van der Waals surface area contributed by atoms with Crippen LogP contribution in [0, 0.1) is 10.8 Å². The minimum absolute atomic E-state index is 0. The van der Waals surface area contributed by atoms with Gasteiger partial charge in [-0.2, -0.15) is 0 Å². The Kier molecular flexibility index (Phi) is 5.86. The predicted molar refractivity (Wildman–Crippen MR) is 143 cm³/mol. The van der Waals surface area contributed by atoms with Gasteiger partial charge >= 0.3 is 21.1 Å². The van der Waals surface area contributed by atoms with E-state index < -0.39 is 0 Å². The number of hydrogen-bond acceptors (Lipinski definition) is 6. The molecule has 0 N–H and O–H groups in total. The van der Waals surface area contributed by atoms with Crippen LogP contribution in [0.1, 0.15) is 102 Å². The first-order valence-corrected chi connectivity index (χ1v) is 13.7. The van der Waals surface area contributed by atoms with Crippen molar-refractivity contribution in [1.29, 1.82) is 0 Å². The minimum Gasteiger partial charge on any atom is -0.572 e. The molecule has 0 saturated heterocycles. The molecule has 4 aliphatic carbocycles. The molecule has 4 aromatic rings. The molecule has 0 aliphatic heterocycles. The molecule has 8 nitrogen and oxygen atoms in total. The zero-order chi connectivity index (χ0) is 26.5. The molecule has 0 amide bonds. The summed E-state index contributed by atoms with van der Waals surface area (Å²) in [6.45, 7) is 14.1. The molecule has 39 heavy (non-hydrogen) atoms. The molecular weight excluding hydrogens is 667 g/mol. The third-order valence-electron chi connectivity index (χ3n) is 11.3. The average molecular weight is 702 g/mol. The van der Waals surface area contributed by atoms with E-state index in [0.717, 1.165) is 11.4 Å². The van der Waals surface area contributed by atoms with E-state index in [1.807, 2.05) is 12.1 Å². The van der Waals surface area contributed by atoms with Crippen LogP contribution >= 0.6 is 0 Å². The fourth-order valence-electron chi connectivity index (χ4n) is 8.15. The first-order chi connectivity index (χ1) is 18.1. The Labute approximate surface area is 243 Å². The summed E-state index contributed by atoms with van der Waals surface area (Å²) in [6, 6.07) is 3.66. The van der Waals surface area contributed by atoms with Crippen LogP contribution in [-0.4, -0.2) is 30.1 Å². The largest absolute Gasteiger partial charge is 2.00 e. The van der Waals surface area contributed by atoms with Crippen molar-refractivity contribution in [2.24, 2.45) is 10.8 Å². The van der Waals surface area contributed by atoms with Gasteiger partial charge in [-0.3, -0.25) is 0 Å². The van der Waals surface area contributed by atoms with Crippen molar-refractivity contribution < 1.29 is 21.1 Å². The summed E-state index contributed by atoms with van der Waals surface area (Å²) in [5.41, 5.74) is 7.64. The Balaban J connectivity index is 0.000000138. The molecule has 0 spiro atoms. The molecule has 2 fully saturated rings. The van der Waals surface area contributed by atoms with E-state index in [9.17, 15) is 0 Å². The maximum atomic E-state index is 4.49. The molecule has 4 unspecified atom stereocenters. The monoisotopic (exact) mass is 701 g/mol. The Morgan fingerprint density at radius 1 is 0.615 bits per heavy atom. The molecule has 4 aliphatic rings. The average Bonchev–Trinajstić information content (AvgIpc) is 3.70. The minimum atomic E-state index is 0. The second kappa shape index (κ2) is 8.63. The molecule has 4 bridgehead atoms. The van der Waals surface area contributed by atoms with Crippen LogP contribution in [0.25, 0.3) is 23.0 Å². The van der Waals surface area contributed by atoms with Crippen molar-refractivity contribution in [2.45, 2.75) is 89.9 Å². The van der Waals surface area contributed by atoms with E-state index in [-0.39, 0.29) is 42.7 Å². The fraction of sp³-hybridized carbons (Fsp3) is 0.533. The first-order valence-electron chi connectivity index (χ1n) is 13.7. The molecule has 4 atom stereocenters. The van der Waals surface area contributed by atoms with Gasteiger partial charge in [0.05, 0.1) is 0 Å². The normalized spacial score (nSPS) is 29.8. The summed E-state index contributed by atoms with van der Waals surface area (Å²) >= 11 is 0. The summed E-state index contributed by atoms with van der Waals surface area (Å²) in [7, 11) is 0. The number of rotatable bonds is 2. The molecule has 4 aromatic heterocycles. The summed E-state index contributed by atoms with van der Waals surface area (Å²) in [5, 5.41) is 17.8. The fourth-order valence-corrected chi connectivity index (χ4v) is 8.15.